The van der Waals surface area contributed by atoms with E-state index in [0.717, 1.165) is 65.6 Å². The van der Waals surface area contributed by atoms with E-state index in [2.05, 4.69) is 50.7 Å². The van der Waals surface area contributed by atoms with Gasteiger partial charge in [-0.1, -0.05) is 78.9 Å². The third-order valence-corrected chi connectivity index (χ3v) is 10.2. The number of benzene rings is 7. The molecule has 0 amide bonds. The molecule has 10 aromatic rings. The van der Waals surface area contributed by atoms with Crippen LogP contribution >= 0.6 is 0 Å². The average molecular weight is 675 g/mol. The first kappa shape index (κ1) is 29.8. The molecule has 3 heterocycles. The number of hydrogen-bond acceptors (Lipinski definition) is 3. The van der Waals surface area contributed by atoms with Crippen molar-refractivity contribution in [1.82, 2.24) is 9.13 Å². The smallest absolute Gasteiger partial charge is 0.219 e. The van der Waals surface area contributed by atoms with E-state index in [1.165, 1.54) is 0 Å². The molecule has 0 aliphatic rings. The quantitative estimate of drug-likeness (QED) is 0.175. The number of nitrogens with zero attached hydrogens (tertiary/aromatic N) is 6. The summed E-state index contributed by atoms with van der Waals surface area (Å²) in [7, 11) is 0. The highest BCUT2D eigenvalue weighted by Gasteiger charge is 2.26. The van der Waals surface area contributed by atoms with E-state index in [9.17, 15) is 10.5 Å². The van der Waals surface area contributed by atoms with E-state index < -0.39 is 0 Å². The molecule has 7 heteroatoms. The third-order valence-electron chi connectivity index (χ3n) is 10.2. The molecular weight excluding hydrogens is 653 g/mol. The van der Waals surface area contributed by atoms with Crippen LogP contribution in [-0.4, -0.2) is 9.13 Å². The molecule has 0 bridgehead atoms. The minimum Gasteiger partial charge on any atom is -0.455 e. The van der Waals surface area contributed by atoms with Crippen LogP contribution in [0.15, 0.2) is 138 Å². The Balaban J connectivity index is 1.33. The monoisotopic (exact) mass is 674 g/mol. The number of rotatable bonds is 3. The van der Waals surface area contributed by atoms with E-state index in [1.807, 2.05) is 102 Å². The van der Waals surface area contributed by atoms with Gasteiger partial charge in [0.1, 0.15) is 17.2 Å². The summed E-state index contributed by atoms with van der Waals surface area (Å²) < 4.78 is 10.6. The lowest BCUT2D eigenvalue weighted by atomic mass is 9.96. The minimum atomic E-state index is 0.00855. The highest BCUT2D eigenvalue weighted by atomic mass is 16.3. The Morgan fingerprint density at radius 3 is 1.79 bits per heavy atom. The number of fused-ring (bicyclic) bond motifs is 10. The molecule has 0 aliphatic carbocycles. The predicted octanol–water partition coefficient (Wildman–Crippen LogP) is 12.3. The summed E-state index contributed by atoms with van der Waals surface area (Å²) in [6.45, 7) is 16.4. The molecule has 0 saturated heterocycles. The van der Waals surface area contributed by atoms with Crippen LogP contribution in [0.5, 0.6) is 0 Å². The highest BCUT2D eigenvalue weighted by molar-refractivity contribution is 6.24. The van der Waals surface area contributed by atoms with Gasteiger partial charge in [0.25, 0.3) is 0 Å². The Kier molecular flexibility index (Phi) is 6.30. The normalized spacial score (nSPS) is 11.3. The predicted molar refractivity (Wildman–Crippen MR) is 210 cm³/mol. The fourth-order valence-electron chi connectivity index (χ4n) is 8.04. The fourth-order valence-corrected chi connectivity index (χ4v) is 8.04. The second-order valence-corrected chi connectivity index (χ2v) is 12.9. The maximum absolute atomic E-state index is 10.6. The molecule has 3 aromatic heterocycles. The molecule has 0 atom stereocenters. The lowest BCUT2D eigenvalue weighted by Gasteiger charge is -2.19. The first-order valence-corrected chi connectivity index (χ1v) is 16.9. The molecule has 7 aromatic carbocycles. The first-order valence-electron chi connectivity index (χ1n) is 16.9. The molecule has 0 aliphatic heterocycles. The molecule has 0 N–H and O–H groups in total. The van der Waals surface area contributed by atoms with E-state index in [4.69, 9.17) is 17.6 Å². The number of aromatic nitrogens is 2. The standard InChI is InChI=1S/C46H22N6O/c1-49-43-29(26-48)23-35(45(44(43)50-2)52-36-15-7-3-11-30(36)31-12-4-8-16-37(31)52)27-19-20-28(25-47)40(24-27)51-38-17-9-5-14-34(38)42-39(51)22-21-33-32-13-6-10-18-41(32)53-46(33)42/h3-24H. The van der Waals surface area contributed by atoms with Gasteiger partial charge in [0.2, 0.25) is 11.4 Å². The van der Waals surface area contributed by atoms with E-state index in [-0.39, 0.29) is 16.9 Å². The van der Waals surface area contributed by atoms with Gasteiger partial charge in [-0.25, -0.2) is 9.69 Å². The summed E-state index contributed by atoms with van der Waals surface area (Å²) in [4.78, 5) is 7.65. The zero-order valence-corrected chi connectivity index (χ0v) is 27.8. The number of nitriles is 2. The molecule has 53 heavy (non-hydrogen) atoms. The Bertz CT molecular complexity index is 3350. The molecule has 10 rings (SSSR count). The van der Waals surface area contributed by atoms with Gasteiger partial charge in [-0.2, -0.15) is 10.5 Å². The zero-order valence-electron chi connectivity index (χ0n) is 27.8. The topological polar surface area (TPSA) is 79.3 Å². The van der Waals surface area contributed by atoms with Crippen LogP contribution in [0.25, 0.3) is 97.7 Å². The maximum atomic E-state index is 10.6. The van der Waals surface area contributed by atoms with Gasteiger partial charge in [-0.05, 0) is 65.7 Å². The van der Waals surface area contributed by atoms with Crippen LogP contribution in [0.3, 0.4) is 0 Å². The van der Waals surface area contributed by atoms with Crippen molar-refractivity contribution < 1.29 is 4.42 Å². The molecule has 0 radical (unpaired) electrons. The second-order valence-electron chi connectivity index (χ2n) is 12.9. The lowest BCUT2D eigenvalue weighted by molar-refractivity contribution is 0.673. The van der Waals surface area contributed by atoms with Crippen molar-refractivity contribution in [3.05, 3.63) is 167 Å². The summed E-state index contributed by atoms with van der Waals surface area (Å²) in [5, 5.41) is 26.8. The largest absolute Gasteiger partial charge is 0.455 e. The van der Waals surface area contributed by atoms with E-state index >= 15 is 0 Å². The molecule has 242 valence electrons. The van der Waals surface area contributed by atoms with Crippen molar-refractivity contribution in [3.8, 4) is 34.6 Å². The van der Waals surface area contributed by atoms with Crippen LogP contribution in [0.4, 0.5) is 11.4 Å². The van der Waals surface area contributed by atoms with Crippen LogP contribution in [0, 0.1) is 35.8 Å². The van der Waals surface area contributed by atoms with Crippen LogP contribution in [0.2, 0.25) is 0 Å². The molecule has 7 nitrogen and oxygen atoms in total. The molecule has 0 spiro atoms. The van der Waals surface area contributed by atoms with Crippen molar-refractivity contribution in [3.63, 3.8) is 0 Å². The van der Waals surface area contributed by atoms with Gasteiger partial charge >= 0.3 is 0 Å². The summed E-state index contributed by atoms with van der Waals surface area (Å²) in [5.74, 6) is 0. The number of hydrogen-bond donors (Lipinski definition) is 0. The van der Waals surface area contributed by atoms with Gasteiger partial charge in [0.15, 0.2) is 0 Å². The summed E-state index contributed by atoms with van der Waals surface area (Å²) >= 11 is 0. The average Bonchev–Trinajstić information content (AvgIpc) is 3.87. The Labute approximate surface area is 302 Å². The van der Waals surface area contributed by atoms with Crippen molar-refractivity contribution in [2.75, 3.05) is 0 Å². The Morgan fingerprint density at radius 1 is 0.528 bits per heavy atom. The molecule has 0 fully saturated rings. The molecular formula is C46H22N6O. The van der Waals surface area contributed by atoms with Gasteiger partial charge in [-0.3, -0.25) is 0 Å². The fraction of sp³-hybridized carbons (Fsp3) is 0. The van der Waals surface area contributed by atoms with Crippen molar-refractivity contribution in [1.29, 1.82) is 10.5 Å². The van der Waals surface area contributed by atoms with Crippen LogP contribution < -0.4 is 0 Å². The van der Waals surface area contributed by atoms with Crippen molar-refractivity contribution in [2.45, 2.75) is 0 Å². The first-order chi connectivity index (χ1) is 26.1. The second kappa shape index (κ2) is 11.2. The van der Waals surface area contributed by atoms with Gasteiger partial charge in [-0.15, -0.1) is 0 Å². The zero-order chi connectivity index (χ0) is 35.8. The third kappa shape index (κ3) is 4.05. The van der Waals surface area contributed by atoms with Gasteiger partial charge in [0, 0.05) is 38.2 Å². The minimum absolute atomic E-state index is 0.00855. The number of furan rings is 1. The van der Waals surface area contributed by atoms with Gasteiger partial charge < -0.3 is 13.6 Å². The van der Waals surface area contributed by atoms with Crippen LogP contribution in [-0.2, 0) is 0 Å². The van der Waals surface area contributed by atoms with Crippen LogP contribution in [0.1, 0.15) is 11.1 Å². The maximum Gasteiger partial charge on any atom is 0.219 e. The van der Waals surface area contributed by atoms with E-state index in [1.54, 1.807) is 12.1 Å². The summed E-state index contributed by atoms with van der Waals surface area (Å²) in [6, 6.07) is 48.1. The molecule has 0 unspecified atom stereocenters. The lowest BCUT2D eigenvalue weighted by Crippen LogP contribution is -2.01. The van der Waals surface area contributed by atoms with Gasteiger partial charge in [0.05, 0.1) is 57.9 Å². The van der Waals surface area contributed by atoms with Crippen molar-refractivity contribution in [2.24, 2.45) is 0 Å². The number of para-hydroxylation sites is 4. The Hall–Kier alpha value is -8.10. The summed E-state index contributed by atoms with van der Waals surface area (Å²) in [5.41, 5.74) is 8.16. The SMILES string of the molecule is [C-]#[N+]c1c(C#N)cc(-c2ccc(C#N)c(-n3c4ccccc4c4c5oc6ccccc6c5ccc43)c2)c(-n2c3ccccc3c3ccccc32)c1[N+]#[C-]. The summed E-state index contributed by atoms with van der Waals surface area (Å²) in [6.07, 6.45) is 0. The highest BCUT2D eigenvalue weighted by Crippen LogP contribution is 2.48. The molecule has 0 saturated carbocycles. The van der Waals surface area contributed by atoms with Crippen molar-refractivity contribution >= 4 is 76.9 Å². The Morgan fingerprint density at radius 2 is 1.13 bits per heavy atom. The van der Waals surface area contributed by atoms with E-state index in [0.29, 0.717) is 28.1 Å².